The Hall–Kier alpha value is -2.22. The molecule has 0 aromatic heterocycles. The highest BCUT2D eigenvalue weighted by atomic mass is 32.2. The van der Waals surface area contributed by atoms with E-state index in [1.165, 1.54) is 31.1 Å². The zero-order valence-electron chi connectivity index (χ0n) is 14.4. The molecule has 2 unspecified atom stereocenters. The predicted octanol–water partition coefficient (Wildman–Crippen LogP) is 1.46. The molecule has 2 aromatic rings. The number of carbonyl (C=O) groups is 1. The molecule has 0 aliphatic rings. The summed E-state index contributed by atoms with van der Waals surface area (Å²) < 4.78 is 27.6. The fourth-order valence-corrected chi connectivity index (χ4v) is 3.52. The second kappa shape index (κ2) is 7.77. The monoisotopic (exact) mass is 362 g/mol. The van der Waals surface area contributed by atoms with Crippen LogP contribution in [0.3, 0.4) is 0 Å². The average molecular weight is 362 g/mol. The van der Waals surface area contributed by atoms with Crippen molar-refractivity contribution in [2.24, 2.45) is 0 Å². The minimum absolute atomic E-state index is 0.0370. The lowest BCUT2D eigenvalue weighted by atomic mass is 10.0. The molecule has 2 N–H and O–H groups in total. The van der Waals surface area contributed by atoms with Crippen molar-refractivity contribution < 1.29 is 18.3 Å². The van der Waals surface area contributed by atoms with Gasteiger partial charge in [0.2, 0.25) is 15.9 Å². The first-order chi connectivity index (χ1) is 11.7. The molecule has 6 nitrogen and oxygen atoms in total. The first kappa shape index (κ1) is 19.1. The third-order valence-electron chi connectivity index (χ3n) is 3.78. The molecule has 2 rings (SSSR count). The number of nitrogens with zero attached hydrogens (tertiary/aromatic N) is 1. The number of nitrogens with one attached hydrogen (secondary N) is 1. The largest absolute Gasteiger partial charge is 0.386 e. The van der Waals surface area contributed by atoms with E-state index in [1.807, 2.05) is 6.92 Å². The molecule has 0 aliphatic carbocycles. The normalized spacial score (nSPS) is 13.9. The Labute approximate surface area is 148 Å². The van der Waals surface area contributed by atoms with Gasteiger partial charge in [-0.1, -0.05) is 48.0 Å². The first-order valence-corrected chi connectivity index (χ1v) is 9.24. The molecule has 0 radical (unpaired) electrons. The first-order valence-electron chi connectivity index (χ1n) is 7.75. The van der Waals surface area contributed by atoms with Crippen LogP contribution in [-0.2, 0) is 14.8 Å². The molecule has 0 saturated carbocycles. The van der Waals surface area contributed by atoms with E-state index in [4.69, 9.17) is 0 Å². The second-order valence-corrected chi connectivity index (χ2v) is 7.71. The molecule has 0 saturated heterocycles. The number of carbonyl (C=O) groups excluding carboxylic acids is 1. The summed E-state index contributed by atoms with van der Waals surface area (Å²) in [5.41, 5.74) is 1.37. The van der Waals surface area contributed by atoms with Crippen LogP contribution in [0.1, 0.15) is 17.2 Å². The number of hydrogen-bond donors (Lipinski definition) is 2. The molecule has 0 heterocycles. The van der Waals surface area contributed by atoms with Gasteiger partial charge in [-0.15, -0.1) is 0 Å². The highest BCUT2D eigenvalue weighted by Gasteiger charge is 2.33. The highest BCUT2D eigenvalue weighted by molar-refractivity contribution is 7.89. The van der Waals surface area contributed by atoms with Crippen molar-refractivity contribution in [2.75, 3.05) is 14.1 Å². The summed E-state index contributed by atoms with van der Waals surface area (Å²) in [6.45, 7) is 1.85. The predicted molar refractivity (Wildman–Crippen MR) is 95.4 cm³/mol. The van der Waals surface area contributed by atoms with Crippen LogP contribution in [0, 0.1) is 6.92 Å². The molecule has 0 fully saturated rings. The van der Waals surface area contributed by atoms with Gasteiger partial charge in [-0.2, -0.15) is 4.72 Å². The van der Waals surface area contributed by atoms with Crippen LogP contribution >= 0.6 is 0 Å². The van der Waals surface area contributed by atoms with Crippen LogP contribution in [0.2, 0.25) is 0 Å². The van der Waals surface area contributed by atoms with E-state index < -0.39 is 28.1 Å². The SMILES string of the molecule is Cc1ccc(S(=O)(=O)NC(C(=O)N(C)C)C(O)c2ccccc2)cc1. The zero-order chi connectivity index (χ0) is 18.6. The van der Waals surface area contributed by atoms with Gasteiger partial charge >= 0.3 is 0 Å². The smallest absolute Gasteiger partial charge is 0.243 e. The molecule has 0 aliphatic heterocycles. The van der Waals surface area contributed by atoms with Gasteiger partial charge in [0.15, 0.2) is 0 Å². The van der Waals surface area contributed by atoms with Gasteiger partial charge in [-0.25, -0.2) is 8.42 Å². The molecule has 0 bridgehead atoms. The molecule has 134 valence electrons. The molecule has 2 aromatic carbocycles. The Morgan fingerprint density at radius 1 is 1.04 bits per heavy atom. The summed E-state index contributed by atoms with van der Waals surface area (Å²) in [4.78, 5) is 13.7. The number of rotatable bonds is 6. The summed E-state index contributed by atoms with van der Waals surface area (Å²) >= 11 is 0. The van der Waals surface area contributed by atoms with Crippen molar-refractivity contribution in [3.63, 3.8) is 0 Å². The van der Waals surface area contributed by atoms with E-state index in [2.05, 4.69) is 4.72 Å². The van der Waals surface area contributed by atoms with Crippen molar-refractivity contribution >= 4 is 15.9 Å². The van der Waals surface area contributed by atoms with Gasteiger partial charge in [0.05, 0.1) is 4.90 Å². The Balaban J connectivity index is 2.36. The molecule has 25 heavy (non-hydrogen) atoms. The van der Waals surface area contributed by atoms with Crippen molar-refractivity contribution in [2.45, 2.75) is 24.0 Å². The lowest BCUT2D eigenvalue weighted by Gasteiger charge is -2.26. The van der Waals surface area contributed by atoms with Crippen LogP contribution in [0.25, 0.3) is 0 Å². The molecule has 0 spiro atoms. The number of amides is 1. The third kappa shape index (κ3) is 4.66. The van der Waals surface area contributed by atoms with E-state index in [-0.39, 0.29) is 4.90 Å². The third-order valence-corrected chi connectivity index (χ3v) is 5.23. The lowest BCUT2D eigenvalue weighted by molar-refractivity contribution is -0.133. The van der Waals surface area contributed by atoms with Gasteiger partial charge in [0.25, 0.3) is 0 Å². The maximum absolute atomic E-state index is 12.6. The number of hydrogen-bond acceptors (Lipinski definition) is 4. The zero-order valence-corrected chi connectivity index (χ0v) is 15.2. The van der Waals surface area contributed by atoms with E-state index >= 15 is 0 Å². The summed E-state index contributed by atoms with van der Waals surface area (Å²) in [6, 6.07) is 13.4. The molecule has 2 atom stereocenters. The highest BCUT2D eigenvalue weighted by Crippen LogP contribution is 2.20. The number of aliphatic hydroxyl groups excluding tert-OH is 1. The van der Waals surface area contributed by atoms with Gasteiger partial charge < -0.3 is 10.0 Å². The lowest BCUT2D eigenvalue weighted by Crippen LogP contribution is -2.49. The molecular weight excluding hydrogens is 340 g/mol. The topological polar surface area (TPSA) is 86.7 Å². The summed E-state index contributed by atoms with van der Waals surface area (Å²) in [5, 5.41) is 10.6. The Morgan fingerprint density at radius 3 is 2.12 bits per heavy atom. The van der Waals surface area contributed by atoms with Crippen molar-refractivity contribution in [1.82, 2.24) is 9.62 Å². The van der Waals surface area contributed by atoms with Crippen LogP contribution in [-0.4, -0.2) is 44.5 Å². The number of aliphatic hydroxyl groups is 1. The fraction of sp³-hybridized carbons (Fsp3) is 0.278. The average Bonchev–Trinajstić information content (AvgIpc) is 2.59. The van der Waals surface area contributed by atoms with Gasteiger partial charge in [0, 0.05) is 14.1 Å². The molecule has 7 heteroatoms. The quantitative estimate of drug-likeness (QED) is 0.815. The molecule has 1 amide bonds. The van der Waals surface area contributed by atoms with E-state index in [1.54, 1.807) is 42.5 Å². The van der Waals surface area contributed by atoms with Crippen LogP contribution < -0.4 is 4.72 Å². The molecular formula is C18H22N2O4S. The number of aryl methyl sites for hydroxylation is 1. The van der Waals surface area contributed by atoms with E-state index in [0.717, 1.165) is 5.56 Å². The number of benzene rings is 2. The fourth-order valence-electron chi connectivity index (χ4n) is 2.32. The summed E-state index contributed by atoms with van der Waals surface area (Å²) in [6.07, 6.45) is -1.31. The van der Waals surface area contributed by atoms with Gasteiger partial charge in [-0.05, 0) is 24.6 Å². The minimum atomic E-state index is -3.97. The number of sulfonamides is 1. The van der Waals surface area contributed by atoms with Gasteiger partial charge in [-0.3, -0.25) is 4.79 Å². The van der Waals surface area contributed by atoms with Crippen molar-refractivity contribution in [3.05, 3.63) is 65.7 Å². The Morgan fingerprint density at radius 2 is 1.60 bits per heavy atom. The maximum atomic E-state index is 12.6. The standard InChI is InChI=1S/C18H22N2O4S/c1-13-9-11-15(12-10-13)25(23,24)19-16(18(22)20(2)3)17(21)14-7-5-4-6-8-14/h4-12,16-17,19,21H,1-3H3. The Kier molecular flexibility index (Phi) is 5.94. The summed E-state index contributed by atoms with van der Waals surface area (Å²) in [5.74, 6) is -0.535. The van der Waals surface area contributed by atoms with Crippen LogP contribution in [0.15, 0.2) is 59.5 Å². The van der Waals surface area contributed by atoms with Crippen molar-refractivity contribution in [1.29, 1.82) is 0 Å². The summed E-state index contributed by atoms with van der Waals surface area (Å²) in [7, 11) is -0.951. The van der Waals surface area contributed by atoms with Gasteiger partial charge in [0.1, 0.15) is 12.1 Å². The second-order valence-electron chi connectivity index (χ2n) is 6.00. The maximum Gasteiger partial charge on any atom is 0.243 e. The number of likely N-dealkylation sites (N-methyl/N-ethyl adjacent to an activating group) is 1. The van der Waals surface area contributed by atoms with Crippen molar-refractivity contribution in [3.8, 4) is 0 Å². The van der Waals surface area contributed by atoms with E-state index in [0.29, 0.717) is 5.56 Å². The van der Waals surface area contributed by atoms with Crippen LogP contribution in [0.4, 0.5) is 0 Å². The Bertz CT molecular complexity index is 818. The van der Waals surface area contributed by atoms with E-state index in [9.17, 15) is 18.3 Å². The van der Waals surface area contributed by atoms with Crippen LogP contribution in [0.5, 0.6) is 0 Å². The minimum Gasteiger partial charge on any atom is -0.386 e.